The Morgan fingerprint density at radius 2 is 1.56 bits per heavy atom. The van der Waals surface area contributed by atoms with E-state index in [0.717, 1.165) is 6.07 Å². The molecular formula is C23H19FN2O7S. The fourth-order valence-electron chi connectivity index (χ4n) is 3.39. The average Bonchev–Trinajstić information content (AvgIpc) is 2.85. The number of rotatable bonds is 7. The number of ether oxygens (including phenoxy) is 2. The smallest absolute Gasteiger partial charge is 0.312 e. The first-order valence-corrected chi connectivity index (χ1v) is 11.6. The number of carbonyl (C=O) groups excluding carboxylic acids is 1. The number of sulfonamides is 1. The minimum atomic E-state index is -3.92. The molecule has 4 rings (SSSR count). The summed E-state index contributed by atoms with van der Waals surface area (Å²) in [6.45, 7) is 0.832. The number of hydrogen-bond acceptors (Lipinski definition) is 7. The van der Waals surface area contributed by atoms with Gasteiger partial charge in [-0.25, -0.2) is 12.8 Å². The Morgan fingerprint density at radius 1 is 0.971 bits per heavy atom. The number of carbonyl (C=O) groups is 1. The molecule has 0 saturated carbocycles. The monoisotopic (exact) mass is 486 g/mol. The third-order valence-electron chi connectivity index (χ3n) is 5.19. The summed E-state index contributed by atoms with van der Waals surface area (Å²) in [6, 6.07) is 14.4. The maximum Gasteiger partial charge on any atom is 0.312 e. The zero-order chi connectivity index (χ0) is 24.3. The minimum Gasteiger partial charge on any atom is -0.450 e. The molecule has 0 aromatic heterocycles. The third-order valence-corrected chi connectivity index (χ3v) is 7.08. The lowest BCUT2D eigenvalue weighted by Crippen LogP contribution is -2.40. The summed E-state index contributed by atoms with van der Waals surface area (Å²) in [5.41, 5.74) is 0.115. The minimum absolute atomic E-state index is 0.150. The van der Waals surface area contributed by atoms with Crippen molar-refractivity contribution >= 4 is 21.5 Å². The molecule has 176 valence electrons. The molecule has 0 aliphatic carbocycles. The predicted octanol–water partition coefficient (Wildman–Crippen LogP) is 3.78. The van der Waals surface area contributed by atoms with Gasteiger partial charge in [-0.2, -0.15) is 4.31 Å². The molecule has 0 amide bonds. The number of benzene rings is 3. The Morgan fingerprint density at radius 3 is 2.15 bits per heavy atom. The Bertz CT molecular complexity index is 1320. The topological polar surface area (TPSA) is 116 Å². The molecule has 1 aliphatic heterocycles. The van der Waals surface area contributed by atoms with Crippen molar-refractivity contribution in [3.8, 4) is 11.5 Å². The lowest BCUT2D eigenvalue weighted by atomic mass is 10.0. The zero-order valence-electron chi connectivity index (χ0n) is 17.7. The van der Waals surface area contributed by atoms with Crippen molar-refractivity contribution < 1.29 is 32.0 Å². The lowest BCUT2D eigenvalue weighted by molar-refractivity contribution is -0.385. The molecule has 9 nitrogen and oxygen atoms in total. The van der Waals surface area contributed by atoms with Gasteiger partial charge in [-0.3, -0.25) is 14.9 Å². The molecule has 1 saturated heterocycles. The summed E-state index contributed by atoms with van der Waals surface area (Å²) in [5, 5.41) is 11.6. The van der Waals surface area contributed by atoms with Gasteiger partial charge in [0.1, 0.15) is 11.6 Å². The van der Waals surface area contributed by atoms with Crippen molar-refractivity contribution in [2.45, 2.75) is 4.90 Å². The largest absolute Gasteiger partial charge is 0.450 e. The molecule has 11 heteroatoms. The maximum atomic E-state index is 13.1. The van der Waals surface area contributed by atoms with Crippen LogP contribution in [0.25, 0.3) is 0 Å². The fourth-order valence-corrected chi connectivity index (χ4v) is 4.82. The van der Waals surface area contributed by atoms with Crippen molar-refractivity contribution in [1.29, 1.82) is 0 Å². The van der Waals surface area contributed by atoms with Crippen molar-refractivity contribution in [3.63, 3.8) is 0 Å². The van der Waals surface area contributed by atoms with Crippen LogP contribution in [0.3, 0.4) is 0 Å². The first-order chi connectivity index (χ1) is 16.3. The van der Waals surface area contributed by atoms with Crippen LogP contribution in [0, 0.1) is 15.9 Å². The highest BCUT2D eigenvalue weighted by Crippen LogP contribution is 2.34. The van der Waals surface area contributed by atoms with Gasteiger partial charge in [0, 0.05) is 30.3 Å². The van der Waals surface area contributed by atoms with Crippen LogP contribution in [0.15, 0.2) is 71.6 Å². The van der Waals surface area contributed by atoms with Gasteiger partial charge in [-0.05, 0) is 60.7 Å². The summed E-state index contributed by atoms with van der Waals surface area (Å²) in [7, 11) is -3.92. The van der Waals surface area contributed by atoms with Crippen LogP contribution in [-0.2, 0) is 14.8 Å². The van der Waals surface area contributed by atoms with Gasteiger partial charge in [-0.15, -0.1) is 0 Å². The highest BCUT2D eigenvalue weighted by molar-refractivity contribution is 7.89. The second kappa shape index (κ2) is 9.67. The molecule has 0 N–H and O–H groups in total. The van der Waals surface area contributed by atoms with Crippen LogP contribution in [0.5, 0.6) is 11.5 Å². The first kappa shape index (κ1) is 23.5. The van der Waals surface area contributed by atoms with Gasteiger partial charge in [0.25, 0.3) is 0 Å². The highest BCUT2D eigenvalue weighted by Gasteiger charge is 2.29. The van der Waals surface area contributed by atoms with Crippen LogP contribution in [-0.4, -0.2) is 49.7 Å². The Hall–Kier alpha value is -3.67. The molecule has 0 radical (unpaired) electrons. The molecule has 0 spiro atoms. The second-order valence-corrected chi connectivity index (χ2v) is 9.30. The van der Waals surface area contributed by atoms with Gasteiger partial charge < -0.3 is 9.47 Å². The molecule has 3 aromatic rings. The summed E-state index contributed by atoms with van der Waals surface area (Å²) in [6.07, 6.45) is 0. The van der Waals surface area contributed by atoms with Crippen molar-refractivity contribution in [3.05, 3.63) is 93.8 Å². The molecule has 3 aromatic carbocycles. The molecule has 0 atom stereocenters. The number of ketones is 1. The van der Waals surface area contributed by atoms with Crippen LogP contribution >= 0.6 is 0 Å². The maximum absolute atomic E-state index is 13.1. The molecule has 0 bridgehead atoms. The summed E-state index contributed by atoms with van der Waals surface area (Å²) >= 11 is 0. The van der Waals surface area contributed by atoms with E-state index in [-0.39, 0.29) is 48.5 Å². The van der Waals surface area contributed by atoms with E-state index in [1.54, 1.807) is 0 Å². The SMILES string of the molecule is O=C(c1ccc(F)cc1)c1ccc(Oc2ccc(S(=O)(=O)N3CCOCC3)cc2[N+](=O)[O-])cc1. The van der Waals surface area contributed by atoms with Crippen LogP contribution in [0.4, 0.5) is 10.1 Å². The Labute approximate surface area is 194 Å². The lowest BCUT2D eigenvalue weighted by Gasteiger charge is -2.26. The summed E-state index contributed by atoms with van der Waals surface area (Å²) in [5.74, 6) is -0.716. The zero-order valence-corrected chi connectivity index (χ0v) is 18.5. The number of nitro groups is 1. The molecule has 1 heterocycles. The number of nitro benzene ring substituents is 1. The quantitative estimate of drug-likeness (QED) is 0.283. The summed E-state index contributed by atoms with van der Waals surface area (Å²) in [4.78, 5) is 23.2. The first-order valence-electron chi connectivity index (χ1n) is 10.2. The number of hydrogen-bond donors (Lipinski definition) is 0. The third kappa shape index (κ3) is 4.96. The fraction of sp³-hybridized carbons (Fsp3) is 0.174. The van der Waals surface area contributed by atoms with Gasteiger partial charge in [0.2, 0.25) is 15.8 Å². The molecule has 1 aliphatic rings. The Balaban J connectivity index is 1.56. The standard InChI is InChI=1S/C23H19FN2O7S/c24-18-5-1-16(2-6-18)23(27)17-3-7-19(8-4-17)33-22-10-9-20(15-21(22)26(28)29)34(30,31)25-11-13-32-14-12-25/h1-10,15H,11-14H2. The van der Waals surface area contributed by atoms with E-state index in [2.05, 4.69) is 0 Å². The van der Waals surface area contributed by atoms with Gasteiger partial charge in [0.15, 0.2) is 5.78 Å². The molecule has 1 fully saturated rings. The van der Waals surface area contributed by atoms with E-state index >= 15 is 0 Å². The van der Waals surface area contributed by atoms with Gasteiger partial charge >= 0.3 is 5.69 Å². The number of nitrogens with zero attached hydrogens (tertiary/aromatic N) is 2. The van der Waals surface area contributed by atoms with Crippen LogP contribution in [0.2, 0.25) is 0 Å². The Kier molecular flexibility index (Phi) is 6.68. The van der Waals surface area contributed by atoms with E-state index in [1.165, 1.54) is 65.0 Å². The van der Waals surface area contributed by atoms with E-state index < -0.39 is 26.5 Å². The predicted molar refractivity (Wildman–Crippen MR) is 119 cm³/mol. The van der Waals surface area contributed by atoms with Crippen molar-refractivity contribution in [2.24, 2.45) is 0 Å². The van der Waals surface area contributed by atoms with E-state index in [9.17, 15) is 27.7 Å². The number of morpholine rings is 1. The van der Waals surface area contributed by atoms with E-state index in [1.807, 2.05) is 0 Å². The van der Waals surface area contributed by atoms with Crippen LogP contribution < -0.4 is 4.74 Å². The average molecular weight is 486 g/mol. The normalized spacial score (nSPS) is 14.5. The van der Waals surface area contributed by atoms with Gasteiger partial charge in [-0.1, -0.05) is 0 Å². The van der Waals surface area contributed by atoms with E-state index in [0.29, 0.717) is 11.1 Å². The second-order valence-electron chi connectivity index (χ2n) is 7.37. The van der Waals surface area contributed by atoms with E-state index in [4.69, 9.17) is 9.47 Å². The highest BCUT2D eigenvalue weighted by atomic mass is 32.2. The molecule has 34 heavy (non-hydrogen) atoms. The summed E-state index contributed by atoms with van der Waals surface area (Å²) < 4.78 is 50.7. The number of halogens is 1. The molecular weight excluding hydrogens is 467 g/mol. The molecule has 0 unspecified atom stereocenters. The van der Waals surface area contributed by atoms with Crippen LogP contribution in [0.1, 0.15) is 15.9 Å². The van der Waals surface area contributed by atoms with Crippen molar-refractivity contribution in [2.75, 3.05) is 26.3 Å². The van der Waals surface area contributed by atoms with Gasteiger partial charge in [0.05, 0.1) is 23.0 Å². The van der Waals surface area contributed by atoms with Crippen molar-refractivity contribution in [1.82, 2.24) is 4.31 Å².